The summed E-state index contributed by atoms with van der Waals surface area (Å²) in [5.74, 6) is 0.860. The molecule has 92 valence electrons. The fourth-order valence-electron chi connectivity index (χ4n) is 1.13. The topological polar surface area (TPSA) is 45.7 Å². The van der Waals surface area contributed by atoms with Crippen molar-refractivity contribution in [1.82, 2.24) is 10.7 Å². The highest BCUT2D eigenvalue weighted by molar-refractivity contribution is 14.1. The second kappa shape index (κ2) is 7.44. The van der Waals surface area contributed by atoms with Crippen molar-refractivity contribution in [1.29, 1.82) is 0 Å². The summed E-state index contributed by atoms with van der Waals surface area (Å²) in [6.45, 7) is 2.76. The van der Waals surface area contributed by atoms with Gasteiger partial charge in [-0.1, -0.05) is 0 Å². The van der Waals surface area contributed by atoms with Gasteiger partial charge in [0.2, 0.25) is 0 Å². The number of thiocarbonyl (C=S) groups is 1. The number of nitrogens with zero attached hydrogens (tertiary/aromatic N) is 1. The molecular weight excluding hydrogens is 349 g/mol. The highest BCUT2D eigenvalue weighted by atomic mass is 127. The van der Waals surface area contributed by atoms with E-state index in [1.165, 1.54) is 0 Å². The minimum atomic E-state index is 0.520. The molecule has 0 heterocycles. The molecule has 0 spiro atoms. The Labute approximate surface area is 120 Å². The normalized spacial score (nSPS) is 10.3. The van der Waals surface area contributed by atoms with Gasteiger partial charge >= 0.3 is 0 Å². The van der Waals surface area contributed by atoms with Gasteiger partial charge in [-0.05, 0) is 65.5 Å². The zero-order chi connectivity index (χ0) is 12.7. The summed E-state index contributed by atoms with van der Waals surface area (Å²) in [6.07, 6.45) is 1.71. The third kappa shape index (κ3) is 4.86. The second-order valence-electron chi connectivity index (χ2n) is 3.12. The van der Waals surface area contributed by atoms with Crippen LogP contribution in [0.4, 0.5) is 0 Å². The van der Waals surface area contributed by atoms with Crippen LogP contribution in [0.15, 0.2) is 23.3 Å². The molecule has 0 atom stereocenters. The molecular formula is C11H14IN3OS. The maximum Gasteiger partial charge on any atom is 0.186 e. The standard InChI is InChI=1S/C11H14IN3OS/c1-3-13-11(17)15-14-7-8-4-5-10(16-2)9(12)6-8/h4-7H,3H2,1-2H3,(H2,13,15,17)/b14-7-. The minimum Gasteiger partial charge on any atom is -0.496 e. The van der Waals surface area contributed by atoms with Crippen molar-refractivity contribution in [2.75, 3.05) is 13.7 Å². The molecule has 1 aromatic rings. The molecule has 6 heteroatoms. The molecule has 0 aliphatic carbocycles. The Bertz CT molecular complexity index is 423. The predicted molar refractivity (Wildman–Crippen MR) is 82.7 cm³/mol. The lowest BCUT2D eigenvalue weighted by molar-refractivity contribution is 0.412. The lowest BCUT2D eigenvalue weighted by Gasteiger charge is -2.04. The van der Waals surface area contributed by atoms with E-state index in [0.29, 0.717) is 5.11 Å². The van der Waals surface area contributed by atoms with Crippen LogP contribution in [0.25, 0.3) is 0 Å². The van der Waals surface area contributed by atoms with E-state index < -0.39 is 0 Å². The molecule has 0 aromatic heterocycles. The summed E-state index contributed by atoms with van der Waals surface area (Å²) in [4.78, 5) is 0. The number of hydrogen-bond donors (Lipinski definition) is 2. The van der Waals surface area contributed by atoms with Crippen molar-refractivity contribution < 1.29 is 4.74 Å². The number of halogens is 1. The molecule has 1 aromatic carbocycles. The molecule has 0 saturated heterocycles. The molecule has 4 nitrogen and oxygen atoms in total. The van der Waals surface area contributed by atoms with Crippen LogP contribution >= 0.6 is 34.8 Å². The first-order valence-electron chi connectivity index (χ1n) is 5.07. The summed E-state index contributed by atoms with van der Waals surface area (Å²) in [5.41, 5.74) is 3.72. The van der Waals surface area contributed by atoms with Crippen molar-refractivity contribution >= 4 is 46.1 Å². The largest absolute Gasteiger partial charge is 0.496 e. The van der Waals surface area contributed by atoms with E-state index in [4.69, 9.17) is 17.0 Å². The van der Waals surface area contributed by atoms with E-state index in [-0.39, 0.29) is 0 Å². The lowest BCUT2D eigenvalue weighted by atomic mass is 10.2. The van der Waals surface area contributed by atoms with Crippen LogP contribution in [0.1, 0.15) is 12.5 Å². The molecule has 0 radical (unpaired) electrons. The van der Waals surface area contributed by atoms with Gasteiger partial charge in [0.1, 0.15) is 5.75 Å². The maximum absolute atomic E-state index is 5.18. The first-order chi connectivity index (χ1) is 8.17. The average molecular weight is 363 g/mol. The first kappa shape index (κ1) is 14.2. The van der Waals surface area contributed by atoms with Crippen LogP contribution in [0.3, 0.4) is 0 Å². The van der Waals surface area contributed by atoms with Crippen LogP contribution in [0.5, 0.6) is 5.75 Å². The third-order valence-corrected chi connectivity index (χ3v) is 2.97. The van der Waals surface area contributed by atoms with E-state index in [9.17, 15) is 0 Å². The van der Waals surface area contributed by atoms with E-state index in [1.54, 1.807) is 13.3 Å². The van der Waals surface area contributed by atoms with Crippen molar-refractivity contribution in [2.24, 2.45) is 5.10 Å². The van der Waals surface area contributed by atoms with Crippen LogP contribution in [-0.4, -0.2) is 25.0 Å². The summed E-state index contributed by atoms with van der Waals surface area (Å²) in [5, 5.41) is 7.50. The minimum absolute atomic E-state index is 0.520. The summed E-state index contributed by atoms with van der Waals surface area (Å²) < 4.78 is 6.22. The van der Waals surface area contributed by atoms with E-state index >= 15 is 0 Å². The number of ether oxygens (including phenoxy) is 1. The molecule has 17 heavy (non-hydrogen) atoms. The van der Waals surface area contributed by atoms with Crippen molar-refractivity contribution in [3.63, 3.8) is 0 Å². The average Bonchev–Trinajstić information content (AvgIpc) is 2.29. The molecule has 0 saturated carbocycles. The van der Waals surface area contributed by atoms with Gasteiger partial charge in [0.25, 0.3) is 0 Å². The molecule has 0 bridgehead atoms. The molecule has 0 amide bonds. The Hall–Kier alpha value is -0.890. The van der Waals surface area contributed by atoms with E-state index in [0.717, 1.165) is 21.4 Å². The molecule has 0 aliphatic rings. The first-order valence-corrected chi connectivity index (χ1v) is 6.56. The Kier molecular flexibility index (Phi) is 6.20. The number of hydrogen-bond acceptors (Lipinski definition) is 3. The van der Waals surface area contributed by atoms with Gasteiger partial charge in [-0.2, -0.15) is 5.10 Å². The van der Waals surface area contributed by atoms with Gasteiger partial charge in [-0.25, -0.2) is 0 Å². The predicted octanol–water partition coefficient (Wildman–Crippen LogP) is 2.12. The van der Waals surface area contributed by atoms with Crippen molar-refractivity contribution in [3.05, 3.63) is 27.3 Å². The van der Waals surface area contributed by atoms with Crippen molar-refractivity contribution in [2.45, 2.75) is 6.92 Å². The molecule has 0 aliphatic heterocycles. The van der Waals surface area contributed by atoms with Crippen LogP contribution in [0.2, 0.25) is 0 Å². The van der Waals surface area contributed by atoms with Gasteiger partial charge in [-0.3, -0.25) is 5.43 Å². The number of benzene rings is 1. The maximum atomic E-state index is 5.18. The second-order valence-corrected chi connectivity index (χ2v) is 4.69. The van der Waals surface area contributed by atoms with Gasteiger partial charge < -0.3 is 10.1 Å². The summed E-state index contributed by atoms with van der Waals surface area (Å²) >= 11 is 7.20. The lowest BCUT2D eigenvalue weighted by Crippen LogP contribution is -2.31. The highest BCUT2D eigenvalue weighted by Gasteiger charge is 1.99. The Morgan fingerprint density at radius 2 is 2.35 bits per heavy atom. The zero-order valence-corrected chi connectivity index (χ0v) is 12.6. The number of hydrazone groups is 1. The van der Waals surface area contributed by atoms with Crippen LogP contribution in [0, 0.1) is 3.57 Å². The fraction of sp³-hybridized carbons (Fsp3) is 0.273. The van der Waals surface area contributed by atoms with E-state index in [2.05, 4.69) is 38.4 Å². The quantitative estimate of drug-likeness (QED) is 0.372. The fourth-order valence-corrected chi connectivity index (χ4v) is 2.09. The number of nitrogens with one attached hydrogen (secondary N) is 2. The number of methoxy groups -OCH3 is 1. The van der Waals surface area contributed by atoms with Gasteiger partial charge in [0, 0.05) is 6.54 Å². The third-order valence-electron chi connectivity index (χ3n) is 1.89. The van der Waals surface area contributed by atoms with Crippen LogP contribution in [-0.2, 0) is 0 Å². The molecule has 0 fully saturated rings. The van der Waals surface area contributed by atoms with Gasteiger partial charge in [0.05, 0.1) is 16.9 Å². The highest BCUT2D eigenvalue weighted by Crippen LogP contribution is 2.20. The molecule has 1 rings (SSSR count). The molecule has 2 N–H and O–H groups in total. The van der Waals surface area contributed by atoms with Gasteiger partial charge in [0.15, 0.2) is 5.11 Å². The Morgan fingerprint density at radius 3 is 2.94 bits per heavy atom. The SMILES string of the molecule is CCNC(=S)N/N=C\c1ccc(OC)c(I)c1. The van der Waals surface area contributed by atoms with Crippen LogP contribution < -0.4 is 15.5 Å². The van der Waals surface area contributed by atoms with Crippen molar-refractivity contribution in [3.8, 4) is 5.75 Å². The van der Waals surface area contributed by atoms with E-state index in [1.807, 2.05) is 25.1 Å². The Morgan fingerprint density at radius 1 is 1.59 bits per heavy atom. The van der Waals surface area contributed by atoms with Gasteiger partial charge in [-0.15, -0.1) is 0 Å². The smallest absolute Gasteiger partial charge is 0.186 e. The summed E-state index contributed by atoms with van der Waals surface area (Å²) in [6, 6.07) is 5.83. The summed E-state index contributed by atoms with van der Waals surface area (Å²) in [7, 11) is 1.65. The number of rotatable bonds is 4. The Balaban J connectivity index is 2.60. The monoisotopic (exact) mass is 363 g/mol. The molecule has 0 unspecified atom stereocenters. The zero-order valence-electron chi connectivity index (χ0n) is 9.66.